The number of nitrogens with one attached hydrogen (secondary N) is 1. The van der Waals surface area contributed by atoms with Crippen molar-refractivity contribution < 1.29 is 13.9 Å². The molecule has 0 fully saturated rings. The Hall–Kier alpha value is -2.66. The van der Waals surface area contributed by atoms with Crippen molar-refractivity contribution in [2.75, 3.05) is 32.3 Å². The molecule has 1 atom stereocenters. The van der Waals surface area contributed by atoms with Gasteiger partial charge < -0.3 is 14.8 Å². The maximum Gasteiger partial charge on any atom is 0.150 e. The van der Waals surface area contributed by atoms with Gasteiger partial charge in [-0.25, -0.2) is 9.37 Å². The quantitative estimate of drug-likeness (QED) is 0.472. The second kappa shape index (κ2) is 10.0. The monoisotopic (exact) mass is 382 g/mol. The van der Waals surface area contributed by atoms with E-state index in [-0.39, 0.29) is 6.61 Å². The topological polar surface area (TPSA) is 43.4 Å². The fourth-order valence-electron chi connectivity index (χ4n) is 2.90. The minimum absolute atomic E-state index is 0.250. The number of fused-ring (bicyclic) bond motifs is 1. The number of unbranched alkanes of at least 4 members (excludes halogenated alkanes) is 1. The van der Waals surface area contributed by atoms with Crippen LogP contribution in [-0.2, 0) is 4.74 Å². The van der Waals surface area contributed by atoms with Gasteiger partial charge in [0.25, 0.3) is 0 Å². The smallest absolute Gasteiger partial charge is 0.150 e. The van der Waals surface area contributed by atoms with Crippen LogP contribution in [0.1, 0.15) is 19.8 Å². The highest BCUT2D eigenvalue weighted by molar-refractivity contribution is 5.83. The van der Waals surface area contributed by atoms with Crippen molar-refractivity contribution >= 4 is 16.6 Å². The number of aromatic nitrogens is 1. The van der Waals surface area contributed by atoms with Crippen molar-refractivity contribution in [3.05, 3.63) is 54.6 Å². The van der Waals surface area contributed by atoms with E-state index in [4.69, 9.17) is 14.5 Å². The van der Waals surface area contributed by atoms with Crippen LogP contribution in [-0.4, -0.2) is 38.0 Å². The van der Waals surface area contributed by atoms with Gasteiger partial charge in [0.05, 0.1) is 17.8 Å². The Morgan fingerprint density at radius 3 is 2.57 bits per heavy atom. The number of pyridine rings is 1. The molecule has 1 aromatic heterocycles. The van der Waals surface area contributed by atoms with Gasteiger partial charge in [-0.3, -0.25) is 0 Å². The molecule has 28 heavy (non-hydrogen) atoms. The summed E-state index contributed by atoms with van der Waals surface area (Å²) < 4.78 is 24.6. The van der Waals surface area contributed by atoms with Crippen LogP contribution in [0, 0.1) is 0 Å². The molecule has 3 aromatic rings. The molecule has 2 aromatic carbocycles. The molecule has 0 amide bonds. The van der Waals surface area contributed by atoms with Gasteiger partial charge in [-0.15, -0.1) is 0 Å². The minimum Gasteiger partial charge on any atom is -0.485 e. The Kier molecular flexibility index (Phi) is 7.20. The fraction of sp³-hybridized carbons (Fsp3) is 0.348. The second-order valence-corrected chi connectivity index (χ2v) is 6.70. The van der Waals surface area contributed by atoms with Crippen molar-refractivity contribution in [1.29, 1.82) is 0 Å². The Morgan fingerprint density at radius 1 is 1.07 bits per heavy atom. The third-order valence-electron chi connectivity index (χ3n) is 4.55. The number of anilines is 1. The molecule has 0 spiro atoms. The average Bonchev–Trinajstić information content (AvgIpc) is 2.75. The second-order valence-electron chi connectivity index (χ2n) is 6.70. The zero-order chi connectivity index (χ0) is 19.8. The first-order chi connectivity index (χ1) is 13.7. The van der Waals surface area contributed by atoms with Crippen molar-refractivity contribution in [3.63, 3.8) is 0 Å². The lowest BCUT2D eigenvalue weighted by atomic mass is 10.1. The largest absolute Gasteiger partial charge is 0.485 e. The number of ether oxygens (including phenoxy) is 2. The van der Waals surface area contributed by atoms with Gasteiger partial charge in [0.2, 0.25) is 0 Å². The SMILES string of the molecule is CCCCOCC(CF)Oc1ccc2ccc(-c3ccc(NC)cc3)nc2c1. The first kappa shape index (κ1) is 20.1. The molecule has 0 bridgehead atoms. The highest BCUT2D eigenvalue weighted by Crippen LogP contribution is 2.25. The average molecular weight is 382 g/mol. The molecule has 0 aliphatic rings. The molecule has 0 aliphatic carbocycles. The standard InChI is InChI=1S/C23H27FN2O2/c1-3-4-13-27-16-21(15-24)28-20-11-7-18-8-12-22(26-23(18)14-20)17-5-9-19(25-2)10-6-17/h5-12,14,21,25H,3-4,13,15-16H2,1-2H3. The van der Waals surface area contributed by atoms with Gasteiger partial charge in [-0.1, -0.05) is 31.5 Å². The molecular formula is C23H27FN2O2. The van der Waals surface area contributed by atoms with E-state index in [0.29, 0.717) is 12.4 Å². The third kappa shape index (κ3) is 5.20. The van der Waals surface area contributed by atoms with E-state index in [1.54, 1.807) is 0 Å². The van der Waals surface area contributed by atoms with Crippen molar-refractivity contribution in [3.8, 4) is 17.0 Å². The van der Waals surface area contributed by atoms with Crippen LogP contribution in [0.5, 0.6) is 5.75 Å². The fourth-order valence-corrected chi connectivity index (χ4v) is 2.90. The van der Waals surface area contributed by atoms with E-state index < -0.39 is 12.8 Å². The number of alkyl halides is 1. The van der Waals surface area contributed by atoms with Crippen LogP contribution < -0.4 is 10.1 Å². The molecule has 4 nitrogen and oxygen atoms in total. The van der Waals surface area contributed by atoms with Crippen LogP contribution in [0.25, 0.3) is 22.2 Å². The first-order valence-electron chi connectivity index (χ1n) is 9.73. The van der Waals surface area contributed by atoms with Crippen LogP contribution in [0.4, 0.5) is 10.1 Å². The summed E-state index contributed by atoms with van der Waals surface area (Å²) in [5.74, 6) is 0.601. The summed E-state index contributed by atoms with van der Waals surface area (Å²) in [6.45, 7) is 2.39. The number of hydrogen-bond donors (Lipinski definition) is 1. The number of halogens is 1. The molecule has 0 saturated carbocycles. The van der Waals surface area contributed by atoms with Crippen molar-refractivity contribution in [1.82, 2.24) is 4.98 Å². The van der Waals surface area contributed by atoms with Crippen LogP contribution in [0.15, 0.2) is 54.6 Å². The third-order valence-corrected chi connectivity index (χ3v) is 4.55. The molecule has 1 N–H and O–H groups in total. The van der Waals surface area contributed by atoms with Crippen LogP contribution in [0.3, 0.4) is 0 Å². The van der Waals surface area contributed by atoms with Crippen molar-refractivity contribution in [2.24, 2.45) is 0 Å². The molecule has 1 heterocycles. The number of hydrogen-bond acceptors (Lipinski definition) is 4. The van der Waals surface area contributed by atoms with E-state index in [1.165, 1.54) is 0 Å². The zero-order valence-electron chi connectivity index (χ0n) is 16.5. The maximum absolute atomic E-state index is 13.3. The summed E-state index contributed by atoms with van der Waals surface area (Å²) in [6.07, 6.45) is 1.42. The highest BCUT2D eigenvalue weighted by Gasteiger charge is 2.11. The Bertz CT molecular complexity index is 883. The predicted octanol–water partition coefficient (Wildman–Crippen LogP) is 5.48. The molecule has 0 saturated heterocycles. The van der Waals surface area contributed by atoms with Gasteiger partial charge in [0.1, 0.15) is 12.4 Å². The van der Waals surface area contributed by atoms with E-state index in [9.17, 15) is 4.39 Å². The zero-order valence-corrected chi connectivity index (χ0v) is 16.5. The normalized spacial score (nSPS) is 12.1. The summed E-state index contributed by atoms with van der Waals surface area (Å²) in [5.41, 5.74) is 3.80. The minimum atomic E-state index is -0.605. The Balaban J connectivity index is 1.75. The predicted molar refractivity (Wildman–Crippen MR) is 113 cm³/mol. The van der Waals surface area contributed by atoms with Crippen molar-refractivity contribution in [2.45, 2.75) is 25.9 Å². The lowest BCUT2D eigenvalue weighted by molar-refractivity contribution is 0.0367. The Labute approximate surface area is 165 Å². The summed E-state index contributed by atoms with van der Waals surface area (Å²) >= 11 is 0. The number of nitrogens with zero attached hydrogens (tertiary/aromatic N) is 1. The maximum atomic E-state index is 13.3. The molecule has 148 valence electrons. The number of rotatable bonds is 10. The lowest BCUT2D eigenvalue weighted by Crippen LogP contribution is -2.25. The molecule has 5 heteroatoms. The van der Waals surface area contributed by atoms with E-state index >= 15 is 0 Å². The molecule has 0 radical (unpaired) electrons. The van der Waals surface area contributed by atoms with E-state index in [2.05, 4.69) is 12.2 Å². The van der Waals surface area contributed by atoms with E-state index in [0.717, 1.165) is 40.7 Å². The van der Waals surface area contributed by atoms with Gasteiger partial charge in [-0.2, -0.15) is 0 Å². The summed E-state index contributed by atoms with van der Waals surface area (Å²) in [4.78, 5) is 4.76. The summed E-state index contributed by atoms with van der Waals surface area (Å²) in [6, 6.07) is 17.8. The highest BCUT2D eigenvalue weighted by atomic mass is 19.1. The first-order valence-corrected chi connectivity index (χ1v) is 9.73. The molecule has 3 rings (SSSR count). The molecular weight excluding hydrogens is 355 g/mol. The Morgan fingerprint density at radius 2 is 1.86 bits per heavy atom. The van der Waals surface area contributed by atoms with Gasteiger partial charge in [0.15, 0.2) is 6.10 Å². The van der Waals surface area contributed by atoms with E-state index in [1.807, 2.05) is 61.6 Å². The van der Waals surface area contributed by atoms with Crippen LogP contribution >= 0.6 is 0 Å². The lowest BCUT2D eigenvalue weighted by Gasteiger charge is -2.16. The summed E-state index contributed by atoms with van der Waals surface area (Å²) in [7, 11) is 1.89. The summed E-state index contributed by atoms with van der Waals surface area (Å²) in [5, 5.41) is 4.12. The van der Waals surface area contributed by atoms with Crippen LogP contribution in [0.2, 0.25) is 0 Å². The molecule has 1 unspecified atom stereocenters. The number of benzene rings is 2. The van der Waals surface area contributed by atoms with Gasteiger partial charge in [0, 0.05) is 36.4 Å². The van der Waals surface area contributed by atoms with Gasteiger partial charge in [-0.05, 0) is 36.8 Å². The van der Waals surface area contributed by atoms with Gasteiger partial charge >= 0.3 is 0 Å². The molecule has 0 aliphatic heterocycles.